The van der Waals surface area contributed by atoms with Crippen LogP contribution in [0.5, 0.6) is 0 Å². The molecule has 2 heterocycles. The standard InChI is InChI=1S/C16H17ClN4O2/c17-12-4-2-1-3-11(12)14-9-19-5-6-21(14)16(23)13-7-10(8-20-13)15(18)22/h1-4,7-8,14,19-20H,5-6,9H2,(H2,18,22). The molecule has 0 aliphatic carbocycles. The average Bonchev–Trinajstić information content (AvgIpc) is 3.05. The van der Waals surface area contributed by atoms with Crippen molar-refractivity contribution in [1.29, 1.82) is 0 Å². The van der Waals surface area contributed by atoms with Crippen molar-refractivity contribution in [3.63, 3.8) is 0 Å². The SMILES string of the molecule is NC(=O)c1c[nH]c(C(=O)N2CCNCC2c2ccccc2Cl)c1. The summed E-state index contributed by atoms with van der Waals surface area (Å²) in [4.78, 5) is 28.6. The van der Waals surface area contributed by atoms with E-state index in [0.29, 0.717) is 30.4 Å². The van der Waals surface area contributed by atoms with Crippen LogP contribution >= 0.6 is 11.6 Å². The fourth-order valence-corrected chi connectivity index (χ4v) is 3.05. The van der Waals surface area contributed by atoms with E-state index in [1.54, 1.807) is 4.90 Å². The van der Waals surface area contributed by atoms with Crippen LogP contribution in [0.2, 0.25) is 5.02 Å². The monoisotopic (exact) mass is 332 g/mol. The highest BCUT2D eigenvalue weighted by Crippen LogP contribution is 2.29. The van der Waals surface area contributed by atoms with E-state index in [1.807, 2.05) is 24.3 Å². The number of carbonyl (C=O) groups excluding carboxylic acids is 2. The Morgan fingerprint density at radius 2 is 2.09 bits per heavy atom. The molecule has 120 valence electrons. The zero-order valence-corrected chi connectivity index (χ0v) is 13.1. The third-order valence-corrected chi connectivity index (χ3v) is 4.31. The number of nitrogens with two attached hydrogens (primary N) is 1. The second-order valence-electron chi connectivity index (χ2n) is 5.41. The van der Waals surface area contributed by atoms with Crippen molar-refractivity contribution in [2.24, 2.45) is 5.73 Å². The van der Waals surface area contributed by atoms with Crippen LogP contribution in [-0.4, -0.2) is 41.3 Å². The molecule has 1 aromatic carbocycles. The van der Waals surface area contributed by atoms with Crippen LogP contribution in [0.3, 0.4) is 0 Å². The summed E-state index contributed by atoms with van der Waals surface area (Å²) in [6, 6.07) is 8.82. The molecule has 0 radical (unpaired) electrons. The predicted octanol–water partition coefficient (Wildman–Crippen LogP) is 1.55. The van der Waals surface area contributed by atoms with Crippen LogP contribution in [0.15, 0.2) is 36.5 Å². The van der Waals surface area contributed by atoms with Crippen LogP contribution in [0, 0.1) is 0 Å². The van der Waals surface area contributed by atoms with E-state index in [1.165, 1.54) is 12.3 Å². The number of hydrogen-bond acceptors (Lipinski definition) is 3. The van der Waals surface area contributed by atoms with Gasteiger partial charge in [0.1, 0.15) is 5.69 Å². The summed E-state index contributed by atoms with van der Waals surface area (Å²) >= 11 is 6.28. The number of H-pyrrole nitrogens is 1. The number of amides is 2. The van der Waals surface area contributed by atoms with Crippen molar-refractivity contribution in [1.82, 2.24) is 15.2 Å². The number of hydrogen-bond donors (Lipinski definition) is 3. The van der Waals surface area contributed by atoms with Crippen LogP contribution in [-0.2, 0) is 0 Å². The molecule has 1 atom stereocenters. The largest absolute Gasteiger partial charge is 0.366 e. The van der Waals surface area contributed by atoms with E-state index in [0.717, 1.165) is 5.56 Å². The number of rotatable bonds is 3. The summed E-state index contributed by atoms with van der Waals surface area (Å²) in [5, 5.41) is 3.91. The van der Waals surface area contributed by atoms with Gasteiger partial charge in [-0.15, -0.1) is 0 Å². The van der Waals surface area contributed by atoms with Gasteiger partial charge in [-0.3, -0.25) is 9.59 Å². The minimum absolute atomic E-state index is 0.162. The second-order valence-corrected chi connectivity index (χ2v) is 5.81. The zero-order chi connectivity index (χ0) is 16.4. The molecular weight excluding hydrogens is 316 g/mol. The Balaban J connectivity index is 1.90. The van der Waals surface area contributed by atoms with Gasteiger partial charge in [-0.2, -0.15) is 0 Å². The van der Waals surface area contributed by atoms with Gasteiger partial charge in [-0.05, 0) is 17.7 Å². The molecule has 1 aromatic heterocycles. The van der Waals surface area contributed by atoms with Gasteiger partial charge in [-0.1, -0.05) is 29.8 Å². The lowest BCUT2D eigenvalue weighted by Gasteiger charge is -2.36. The number of piperazine rings is 1. The lowest BCUT2D eigenvalue weighted by atomic mass is 10.0. The van der Waals surface area contributed by atoms with Crippen molar-refractivity contribution >= 4 is 23.4 Å². The summed E-state index contributed by atoms with van der Waals surface area (Å²) in [6.07, 6.45) is 1.45. The Hall–Kier alpha value is -2.31. The Morgan fingerprint density at radius 3 is 2.78 bits per heavy atom. The molecule has 1 unspecified atom stereocenters. The Labute approximate surface area is 138 Å². The van der Waals surface area contributed by atoms with E-state index in [-0.39, 0.29) is 17.5 Å². The number of aromatic amines is 1. The molecule has 1 fully saturated rings. The fraction of sp³-hybridized carbons (Fsp3) is 0.250. The van der Waals surface area contributed by atoms with Gasteiger partial charge in [0, 0.05) is 30.9 Å². The number of nitrogens with zero attached hydrogens (tertiary/aromatic N) is 1. The van der Waals surface area contributed by atoms with Gasteiger partial charge in [0.25, 0.3) is 5.91 Å². The van der Waals surface area contributed by atoms with E-state index in [2.05, 4.69) is 10.3 Å². The lowest BCUT2D eigenvalue weighted by molar-refractivity contribution is 0.0629. The summed E-state index contributed by atoms with van der Waals surface area (Å²) in [6.45, 7) is 1.88. The molecule has 0 saturated carbocycles. The van der Waals surface area contributed by atoms with E-state index in [9.17, 15) is 9.59 Å². The third kappa shape index (κ3) is 3.09. The number of aromatic nitrogens is 1. The summed E-state index contributed by atoms with van der Waals surface area (Å²) in [5.74, 6) is -0.743. The Morgan fingerprint density at radius 1 is 1.30 bits per heavy atom. The summed E-state index contributed by atoms with van der Waals surface area (Å²) in [7, 11) is 0. The maximum atomic E-state index is 12.8. The second kappa shape index (κ2) is 6.44. The molecule has 6 nitrogen and oxygen atoms in total. The molecule has 4 N–H and O–H groups in total. The van der Waals surface area contributed by atoms with Crippen molar-refractivity contribution in [3.8, 4) is 0 Å². The first-order valence-electron chi connectivity index (χ1n) is 7.32. The van der Waals surface area contributed by atoms with Crippen LogP contribution in [0.25, 0.3) is 0 Å². The number of carbonyl (C=O) groups is 2. The Kier molecular flexibility index (Phi) is 4.36. The molecule has 23 heavy (non-hydrogen) atoms. The third-order valence-electron chi connectivity index (χ3n) is 3.97. The highest BCUT2D eigenvalue weighted by atomic mass is 35.5. The van der Waals surface area contributed by atoms with E-state index in [4.69, 9.17) is 17.3 Å². The van der Waals surface area contributed by atoms with Crippen LogP contribution in [0.1, 0.15) is 32.5 Å². The first-order chi connectivity index (χ1) is 11.1. The van der Waals surface area contributed by atoms with Crippen LogP contribution in [0.4, 0.5) is 0 Å². The van der Waals surface area contributed by atoms with Gasteiger partial charge in [0.05, 0.1) is 11.6 Å². The number of primary amides is 1. The number of nitrogens with one attached hydrogen (secondary N) is 2. The average molecular weight is 333 g/mol. The molecule has 0 spiro atoms. The zero-order valence-electron chi connectivity index (χ0n) is 12.4. The molecule has 3 rings (SSSR count). The number of benzene rings is 1. The molecule has 1 aliphatic rings. The smallest absolute Gasteiger partial charge is 0.270 e. The van der Waals surface area contributed by atoms with Gasteiger partial charge in [-0.25, -0.2) is 0 Å². The molecule has 0 bridgehead atoms. The normalized spacial score (nSPS) is 18.0. The van der Waals surface area contributed by atoms with Crippen LogP contribution < -0.4 is 11.1 Å². The van der Waals surface area contributed by atoms with Gasteiger partial charge >= 0.3 is 0 Å². The van der Waals surface area contributed by atoms with Gasteiger partial charge < -0.3 is 20.9 Å². The quantitative estimate of drug-likeness (QED) is 0.796. The van der Waals surface area contributed by atoms with Crippen molar-refractivity contribution in [2.45, 2.75) is 6.04 Å². The molecular formula is C16H17ClN4O2. The molecule has 1 saturated heterocycles. The highest BCUT2D eigenvalue weighted by molar-refractivity contribution is 6.31. The minimum atomic E-state index is -0.566. The Bertz CT molecular complexity index is 743. The first kappa shape index (κ1) is 15.6. The maximum Gasteiger partial charge on any atom is 0.270 e. The number of halogens is 1. The lowest BCUT2D eigenvalue weighted by Crippen LogP contribution is -2.48. The predicted molar refractivity (Wildman–Crippen MR) is 87.4 cm³/mol. The van der Waals surface area contributed by atoms with E-state index < -0.39 is 5.91 Å². The van der Waals surface area contributed by atoms with Crippen molar-refractivity contribution < 1.29 is 9.59 Å². The first-order valence-corrected chi connectivity index (χ1v) is 7.70. The van der Waals surface area contributed by atoms with Gasteiger partial charge in [0.15, 0.2) is 0 Å². The van der Waals surface area contributed by atoms with Crippen molar-refractivity contribution in [3.05, 3.63) is 58.4 Å². The fourth-order valence-electron chi connectivity index (χ4n) is 2.79. The topological polar surface area (TPSA) is 91.2 Å². The molecule has 1 aliphatic heterocycles. The summed E-state index contributed by atoms with van der Waals surface area (Å²) < 4.78 is 0. The molecule has 7 heteroatoms. The van der Waals surface area contributed by atoms with E-state index >= 15 is 0 Å². The van der Waals surface area contributed by atoms with Crippen molar-refractivity contribution in [2.75, 3.05) is 19.6 Å². The maximum absolute atomic E-state index is 12.8. The molecule has 2 aromatic rings. The summed E-state index contributed by atoms with van der Waals surface area (Å²) in [5.41, 5.74) is 6.77. The highest BCUT2D eigenvalue weighted by Gasteiger charge is 2.30. The minimum Gasteiger partial charge on any atom is -0.366 e. The van der Waals surface area contributed by atoms with Gasteiger partial charge in [0.2, 0.25) is 5.91 Å². The molecule has 2 amide bonds.